The third-order valence-electron chi connectivity index (χ3n) is 2.74. The normalized spacial score (nSPS) is 16.8. The van der Waals surface area contributed by atoms with Crippen molar-refractivity contribution in [1.29, 1.82) is 0 Å². The van der Waals surface area contributed by atoms with Gasteiger partial charge in [0, 0.05) is 6.42 Å². The average Bonchev–Trinajstić information content (AvgIpc) is 2.26. The highest BCUT2D eigenvalue weighted by Gasteiger charge is 2.12. The molecular formula is C12H23F2NO. The minimum Gasteiger partial charge on any atom is -0.248 e. The molecule has 0 amide bonds. The Labute approximate surface area is 96.8 Å². The number of alkyl halides is 2. The van der Waals surface area contributed by atoms with Crippen LogP contribution in [0, 0.1) is 4.91 Å². The monoisotopic (exact) mass is 235 g/mol. The molecule has 0 heterocycles. The molecule has 0 aliphatic carbocycles. The van der Waals surface area contributed by atoms with Crippen LogP contribution in [0.15, 0.2) is 5.18 Å². The molecular weight excluding hydrogens is 212 g/mol. The van der Waals surface area contributed by atoms with Crippen molar-refractivity contribution < 1.29 is 8.78 Å². The minimum absolute atomic E-state index is 0.212. The standard InChI is InChI=1S/C12H23F2NO/c1-3-11(14)7-5-4-6-8-12(15-16)9-10(2)13/h10-12H,3-9H2,1-2H3. The molecule has 0 aromatic heterocycles. The molecule has 0 aromatic rings. The van der Waals surface area contributed by atoms with Crippen LogP contribution in [0.25, 0.3) is 0 Å². The van der Waals surface area contributed by atoms with Crippen LogP contribution in [-0.2, 0) is 0 Å². The molecule has 0 saturated heterocycles. The van der Waals surface area contributed by atoms with E-state index in [1.165, 1.54) is 6.92 Å². The summed E-state index contributed by atoms with van der Waals surface area (Å²) in [7, 11) is 0. The van der Waals surface area contributed by atoms with Gasteiger partial charge in [0.15, 0.2) is 0 Å². The van der Waals surface area contributed by atoms with Crippen molar-refractivity contribution in [3.05, 3.63) is 4.91 Å². The number of rotatable bonds is 10. The summed E-state index contributed by atoms with van der Waals surface area (Å²) < 4.78 is 25.5. The number of unbranched alkanes of at least 4 members (excludes halogenated alkanes) is 2. The first-order chi connectivity index (χ1) is 7.60. The van der Waals surface area contributed by atoms with E-state index in [1.807, 2.05) is 6.92 Å². The van der Waals surface area contributed by atoms with Gasteiger partial charge in [-0.1, -0.05) is 31.4 Å². The predicted molar refractivity (Wildman–Crippen MR) is 63.0 cm³/mol. The molecule has 0 N–H and O–H groups in total. The lowest BCUT2D eigenvalue weighted by Crippen LogP contribution is -2.09. The Morgan fingerprint density at radius 3 is 2.25 bits per heavy atom. The Balaban J connectivity index is 3.44. The molecule has 0 saturated carbocycles. The van der Waals surface area contributed by atoms with Crippen LogP contribution in [0.4, 0.5) is 8.78 Å². The van der Waals surface area contributed by atoms with Crippen molar-refractivity contribution in [2.45, 2.75) is 77.2 Å². The van der Waals surface area contributed by atoms with Gasteiger partial charge in [-0.15, -0.1) is 0 Å². The minimum atomic E-state index is -0.974. The SMILES string of the molecule is CCC(F)CCCCCC(CC(C)F)N=O. The molecule has 2 nitrogen and oxygen atoms in total. The summed E-state index contributed by atoms with van der Waals surface area (Å²) in [5.41, 5.74) is 0. The summed E-state index contributed by atoms with van der Waals surface area (Å²) in [6, 6.07) is -0.410. The summed E-state index contributed by atoms with van der Waals surface area (Å²) in [6.45, 7) is 3.27. The molecule has 4 heteroatoms. The van der Waals surface area contributed by atoms with Gasteiger partial charge < -0.3 is 0 Å². The number of nitrogens with zero attached hydrogens (tertiary/aromatic N) is 1. The number of hydrogen-bond acceptors (Lipinski definition) is 2. The summed E-state index contributed by atoms with van der Waals surface area (Å²) >= 11 is 0. The van der Waals surface area contributed by atoms with Crippen molar-refractivity contribution in [2.24, 2.45) is 5.18 Å². The number of hydrogen-bond donors (Lipinski definition) is 0. The first-order valence-corrected chi connectivity index (χ1v) is 6.20. The van der Waals surface area contributed by atoms with E-state index in [2.05, 4.69) is 5.18 Å². The molecule has 0 radical (unpaired) electrons. The molecule has 0 aliphatic rings. The van der Waals surface area contributed by atoms with Gasteiger partial charge in [-0.25, -0.2) is 8.78 Å². The lowest BCUT2D eigenvalue weighted by molar-refractivity contribution is 0.292. The summed E-state index contributed by atoms with van der Waals surface area (Å²) in [5, 5.41) is 2.91. The largest absolute Gasteiger partial charge is 0.248 e. The van der Waals surface area contributed by atoms with Crippen molar-refractivity contribution in [3.8, 4) is 0 Å². The molecule has 0 bridgehead atoms. The second kappa shape index (κ2) is 9.67. The fraction of sp³-hybridized carbons (Fsp3) is 1.00. The van der Waals surface area contributed by atoms with Crippen molar-refractivity contribution >= 4 is 0 Å². The third kappa shape index (κ3) is 8.74. The first kappa shape index (κ1) is 15.5. The lowest BCUT2D eigenvalue weighted by Gasteiger charge is -2.09. The van der Waals surface area contributed by atoms with Gasteiger partial charge in [-0.2, -0.15) is 4.91 Å². The third-order valence-corrected chi connectivity index (χ3v) is 2.74. The summed E-state index contributed by atoms with van der Waals surface area (Å²) in [4.78, 5) is 10.4. The highest BCUT2D eigenvalue weighted by molar-refractivity contribution is 4.68. The van der Waals surface area contributed by atoms with Crippen LogP contribution in [0.5, 0.6) is 0 Å². The highest BCUT2D eigenvalue weighted by Crippen LogP contribution is 2.15. The second-order valence-corrected chi connectivity index (χ2v) is 4.42. The summed E-state index contributed by atoms with van der Waals surface area (Å²) in [6.07, 6.45) is 2.89. The van der Waals surface area contributed by atoms with E-state index in [9.17, 15) is 13.7 Å². The quantitative estimate of drug-likeness (QED) is 0.403. The molecule has 0 rings (SSSR count). The summed E-state index contributed by atoms with van der Waals surface area (Å²) in [5.74, 6) is 0. The van der Waals surface area contributed by atoms with Gasteiger partial charge in [0.05, 0.1) is 18.4 Å². The number of halogens is 2. The van der Waals surface area contributed by atoms with Crippen LogP contribution < -0.4 is 0 Å². The Morgan fingerprint density at radius 2 is 1.75 bits per heavy atom. The van der Waals surface area contributed by atoms with E-state index >= 15 is 0 Å². The Hall–Kier alpha value is -0.540. The van der Waals surface area contributed by atoms with Crippen LogP contribution in [0.2, 0.25) is 0 Å². The molecule has 3 unspecified atom stereocenters. The van der Waals surface area contributed by atoms with E-state index in [-0.39, 0.29) is 6.42 Å². The van der Waals surface area contributed by atoms with Crippen LogP contribution in [0.3, 0.4) is 0 Å². The van der Waals surface area contributed by atoms with Crippen LogP contribution in [-0.4, -0.2) is 18.4 Å². The van der Waals surface area contributed by atoms with Gasteiger partial charge in [-0.3, -0.25) is 0 Å². The van der Waals surface area contributed by atoms with E-state index in [0.29, 0.717) is 19.3 Å². The smallest absolute Gasteiger partial charge is 0.0999 e. The van der Waals surface area contributed by atoms with E-state index in [1.54, 1.807) is 0 Å². The van der Waals surface area contributed by atoms with Crippen LogP contribution >= 0.6 is 0 Å². The zero-order valence-electron chi connectivity index (χ0n) is 10.3. The molecule has 0 spiro atoms. The fourth-order valence-electron chi connectivity index (χ4n) is 1.72. The van der Waals surface area contributed by atoms with Gasteiger partial charge in [0.2, 0.25) is 0 Å². The number of nitroso groups, excluding NO2 is 1. The maximum absolute atomic E-state index is 12.8. The highest BCUT2D eigenvalue weighted by atomic mass is 19.1. The van der Waals surface area contributed by atoms with Gasteiger partial charge in [0.1, 0.15) is 0 Å². The van der Waals surface area contributed by atoms with Gasteiger partial charge in [0.25, 0.3) is 0 Å². The van der Waals surface area contributed by atoms with Crippen LogP contribution in [0.1, 0.15) is 58.8 Å². The zero-order valence-corrected chi connectivity index (χ0v) is 10.3. The van der Waals surface area contributed by atoms with Gasteiger partial charge in [-0.05, 0) is 26.2 Å². The molecule has 0 aromatic carbocycles. The zero-order chi connectivity index (χ0) is 12.4. The maximum Gasteiger partial charge on any atom is 0.0999 e. The van der Waals surface area contributed by atoms with E-state index in [0.717, 1.165) is 19.3 Å². The van der Waals surface area contributed by atoms with Crippen molar-refractivity contribution in [3.63, 3.8) is 0 Å². The molecule has 0 aliphatic heterocycles. The maximum atomic E-state index is 12.8. The Bertz CT molecular complexity index is 176. The Kier molecular flexibility index (Phi) is 9.34. The average molecular weight is 235 g/mol. The molecule has 96 valence electrons. The Morgan fingerprint density at radius 1 is 1.12 bits per heavy atom. The lowest BCUT2D eigenvalue weighted by atomic mass is 10.0. The molecule has 16 heavy (non-hydrogen) atoms. The molecule has 3 atom stereocenters. The van der Waals surface area contributed by atoms with Crippen molar-refractivity contribution in [2.75, 3.05) is 0 Å². The van der Waals surface area contributed by atoms with E-state index in [4.69, 9.17) is 0 Å². The van der Waals surface area contributed by atoms with E-state index < -0.39 is 18.4 Å². The fourth-order valence-corrected chi connectivity index (χ4v) is 1.72. The topological polar surface area (TPSA) is 29.4 Å². The predicted octanol–water partition coefficient (Wildman–Crippen LogP) is 4.57. The second-order valence-electron chi connectivity index (χ2n) is 4.42. The molecule has 0 fully saturated rings. The van der Waals surface area contributed by atoms with Crippen molar-refractivity contribution in [1.82, 2.24) is 0 Å². The first-order valence-electron chi connectivity index (χ1n) is 6.20. The van der Waals surface area contributed by atoms with Gasteiger partial charge >= 0.3 is 0 Å².